The van der Waals surface area contributed by atoms with Crippen LogP contribution in [0, 0.1) is 12.7 Å². The van der Waals surface area contributed by atoms with Crippen LogP contribution in [0.4, 0.5) is 4.39 Å². The molecule has 0 N–H and O–H groups in total. The number of aliphatic imine (C=N–C) groups is 1. The summed E-state index contributed by atoms with van der Waals surface area (Å²) in [6.45, 7) is 11.1. The molecule has 2 aliphatic heterocycles. The number of halogens is 1. The molecule has 35 heavy (non-hydrogen) atoms. The summed E-state index contributed by atoms with van der Waals surface area (Å²) in [5.74, 6) is 1.37. The fraction of sp³-hybridized carbons (Fsp3) is 0.357. The number of nitrogens with zero attached hydrogens (tertiary/aromatic N) is 4. The van der Waals surface area contributed by atoms with E-state index in [0.29, 0.717) is 13.2 Å². The highest BCUT2D eigenvalue weighted by molar-refractivity contribution is 6.03. The Morgan fingerprint density at radius 1 is 1.09 bits per heavy atom. The van der Waals surface area contributed by atoms with E-state index >= 15 is 0 Å². The third-order valence-electron chi connectivity index (χ3n) is 5.58. The minimum absolute atomic E-state index is 0.0410. The minimum Gasteiger partial charge on any atom is -0.495 e. The van der Waals surface area contributed by atoms with Crippen molar-refractivity contribution in [3.63, 3.8) is 0 Å². The summed E-state index contributed by atoms with van der Waals surface area (Å²) in [6, 6.07) is 12.6. The molecule has 0 radical (unpaired) electrons. The zero-order chi connectivity index (χ0) is 25.4. The second-order valence-corrected chi connectivity index (χ2v) is 7.66. The van der Waals surface area contributed by atoms with E-state index in [1.54, 1.807) is 25.6 Å². The number of benzene rings is 2. The highest BCUT2D eigenvalue weighted by Gasteiger charge is 2.34. The smallest absolute Gasteiger partial charge is 0.152 e. The average Bonchev–Trinajstić information content (AvgIpc) is 3.54. The quantitative estimate of drug-likeness (QED) is 0.426. The van der Waals surface area contributed by atoms with Gasteiger partial charge in [0.05, 0.1) is 38.0 Å². The molecule has 6 nitrogen and oxygen atoms in total. The van der Waals surface area contributed by atoms with Gasteiger partial charge >= 0.3 is 0 Å². The molecule has 1 saturated heterocycles. The van der Waals surface area contributed by atoms with Crippen molar-refractivity contribution in [3.8, 4) is 11.4 Å². The number of hydroxylamine groups is 2. The largest absolute Gasteiger partial charge is 0.495 e. The molecule has 0 saturated carbocycles. The molecule has 1 aromatic heterocycles. The molecule has 5 rings (SSSR count). The lowest BCUT2D eigenvalue weighted by atomic mass is 10.0. The van der Waals surface area contributed by atoms with Gasteiger partial charge in [-0.1, -0.05) is 45.9 Å². The Labute approximate surface area is 207 Å². The van der Waals surface area contributed by atoms with Crippen LogP contribution in [0.1, 0.15) is 57.0 Å². The first-order valence-corrected chi connectivity index (χ1v) is 12.2. The van der Waals surface area contributed by atoms with Gasteiger partial charge < -0.3 is 9.30 Å². The van der Waals surface area contributed by atoms with Gasteiger partial charge in [-0.2, -0.15) is 0 Å². The molecule has 2 aromatic carbocycles. The van der Waals surface area contributed by atoms with E-state index in [1.807, 2.05) is 62.6 Å². The molecular formula is C28H35FN4O2. The summed E-state index contributed by atoms with van der Waals surface area (Å²) < 4.78 is 20.9. The standard InChI is InChI=1S/C24H23FN4O2.2C2H6/c1-16-14-28(15-27-16)21-8-3-17(12-23(21)30-2)11-19-9-10-31-29-22(13-26-24(19)29)18-4-6-20(25)7-5-18;2*1-2/h3-8,11-12,14-15,22H,9-10,13H2,1-2H3;2*1-2H3/b19-11+;;. The SMILES string of the molecule is CC.CC.COc1cc(/C=C2\CCON3C2=NCC3c2ccc(F)cc2)ccc1-n1cnc(C)c1. The van der Waals surface area contributed by atoms with Crippen LogP contribution in [0.15, 0.2) is 65.6 Å². The van der Waals surface area contributed by atoms with E-state index in [9.17, 15) is 4.39 Å². The first-order chi connectivity index (χ1) is 17.1. The number of fused-ring (bicyclic) bond motifs is 1. The van der Waals surface area contributed by atoms with Crippen molar-refractivity contribution in [2.24, 2.45) is 4.99 Å². The monoisotopic (exact) mass is 478 g/mol. The van der Waals surface area contributed by atoms with Gasteiger partial charge in [0, 0.05) is 12.6 Å². The number of amidine groups is 1. The lowest BCUT2D eigenvalue weighted by Gasteiger charge is -2.32. The second-order valence-electron chi connectivity index (χ2n) is 7.66. The van der Waals surface area contributed by atoms with Gasteiger partial charge in [0.25, 0.3) is 0 Å². The molecule has 0 aliphatic carbocycles. The summed E-state index contributed by atoms with van der Waals surface area (Å²) in [5.41, 5.74) is 5.02. The molecule has 0 amide bonds. The molecule has 186 valence electrons. The Balaban J connectivity index is 0.000000815. The first-order valence-electron chi connectivity index (χ1n) is 12.2. The molecule has 3 heterocycles. The van der Waals surface area contributed by atoms with E-state index in [4.69, 9.17) is 14.6 Å². The summed E-state index contributed by atoms with van der Waals surface area (Å²) in [7, 11) is 1.67. The van der Waals surface area contributed by atoms with Gasteiger partial charge in [0.15, 0.2) is 5.84 Å². The lowest BCUT2D eigenvalue weighted by molar-refractivity contribution is -0.126. The molecule has 0 bridgehead atoms. The lowest BCUT2D eigenvalue weighted by Crippen LogP contribution is -2.36. The first kappa shape index (κ1) is 26.2. The number of aromatic nitrogens is 2. The van der Waals surface area contributed by atoms with Crippen LogP contribution in [0.25, 0.3) is 11.8 Å². The summed E-state index contributed by atoms with van der Waals surface area (Å²) in [6.07, 6.45) is 6.66. The van der Waals surface area contributed by atoms with E-state index in [-0.39, 0.29) is 11.9 Å². The van der Waals surface area contributed by atoms with Crippen molar-refractivity contribution in [1.82, 2.24) is 14.6 Å². The van der Waals surface area contributed by atoms with Crippen LogP contribution in [-0.4, -0.2) is 40.7 Å². The van der Waals surface area contributed by atoms with E-state index in [0.717, 1.165) is 46.1 Å². The highest BCUT2D eigenvalue weighted by atomic mass is 19.1. The molecule has 3 aromatic rings. The molecule has 1 unspecified atom stereocenters. The van der Waals surface area contributed by atoms with Crippen LogP contribution < -0.4 is 4.74 Å². The third-order valence-corrected chi connectivity index (χ3v) is 5.58. The molecule has 1 atom stereocenters. The maximum Gasteiger partial charge on any atom is 0.152 e. The van der Waals surface area contributed by atoms with Crippen LogP contribution in [0.3, 0.4) is 0 Å². The predicted octanol–water partition coefficient (Wildman–Crippen LogP) is 6.55. The highest BCUT2D eigenvalue weighted by Crippen LogP contribution is 2.34. The number of methoxy groups -OCH3 is 1. The normalized spacial score (nSPS) is 17.6. The Kier molecular flexibility index (Phi) is 9.20. The van der Waals surface area contributed by atoms with E-state index in [1.165, 1.54) is 12.1 Å². The molecule has 7 heteroatoms. The van der Waals surface area contributed by atoms with Crippen molar-refractivity contribution in [1.29, 1.82) is 0 Å². The fourth-order valence-corrected chi connectivity index (χ4v) is 4.04. The number of imidazole rings is 1. The van der Waals surface area contributed by atoms with Crippen molar-refractivity contribution in [2.45, 2.75) is 47.1 Å². The number of ether oxygens (including phenoxy) is 1. The fourth-order valence-electron chi connectivity index (χ4n) is 4.04. The number of hydrogen-bond donors (Lipinski definition) is 0. The van der Waals surface area contributed by atoms with E-state index in [2.05, 4.69) is 17.1 Å². The predicted molar refractivity (Wildman–Crippen MR) is 139 cm³/mol. The van der Waals surface area contributed by atoms with Crippen LogP contribution in [-0.2, 0) is 4.84 Å². The summed E-state index contributed by atoms with van der Waals surface area (Å²) >= 11 is 0. The molecule has 2 aliphatic rings. The van der Waals surface area contributed by atoms with Crippen molar-refractivity contribution < 1.29 is 14.0 Å². The minimum atomic E-state index is -0.244. The van der Waals surface area contributed by atoms with Gasteiger partial charge in [0.1, 0.15) is 17.6 Å². The van der Waals surface area contributed by atoms with Gasteiger partial charge in [-0.15, -0.1) is 0 Å². The van der Waals surface area contributed by atoms with Gasteiger partial charge in [0.2, 0.25) is 0 Å². The Bertz CT molecular complexity index is 1170. The van der Waals surface area contributed by atoms with Crippen LogP contribution in [0.5, 0.6) is 5.75 Å². The van der Waals surface area contributed by atoms with Gasteiger partial charge in [-0.05, 0) is 54.0 Å². The topological polar surface area (TPSA) is 51.9 Å². The third kappa shape index (κ3) is 5.80. The van der Waals surface area contributed by atoms with Crippen molar-refractivity contribution in [2.75, 3.05) is 20.3 Å². The number of aryl methyl sites for hydroxylation is 1. The molecule has 1 fully saturated rings. The Morgan fingerprint density at radius 2 is 1.83 bits per heavy atom. The maximum absolute atomic E-state index is 13.3. The molecular weight excluding hydrogens is 443 g/mol. The Hall–Kier alpha value is -3.45. The molecule has 0 spiro atoms. The number of rotatable bonds is 4. The van der Waals surface area contributed by atoms with Gasteiger partial charge in [-0.3, -0.25) is 9.83 Å². The summed E-state index contributed by atoms with van der Waals surface area (Å²) in [5, 5.41) is 1.86. The van der Waals surface area contributed by atoms with Crippen molar-refractivity contribution >= 4 is 11.9 Å². The Morgan fingerprint density at radius 3 is 2.49 bits per heavy atom. The zero-order valence-corrected chi connectivity index (χ0v) is 21.5. The van der Waals surface area contributed by atoms with Crippen molar-refractivity contribution in [3.05, 3.63) is 83.2 Å². The number of hydrogen-bond acceptors (Lipinski definition) is 5. The van der Waals surface area contributed by atoms with Crippen LogP contribution in [0.2, 0.25) is 0 Å². The summed E-state index contributed by atoms with van der Waals surface area (Å²) in [4.78, 5) is 15.0. The second kappa shape index (κ2) is 12.3. The van der Waals surface area contributed by atoms with Crippen LogP contribution >= 0.6 is 0 Å². The zero-order valence-electron chi connectivity index (χ0n) is 21.5. The van der Waals surface area contributed by atoms with E-state index < -0.39 is 0 Å². The van der Waals surface area contributed by atoms with Gasteiger partial charge in [-0.25, -0.2) is 14.4 Å². The maximum atomic E-state index is 13.3. The average molecular weight is 479 g/mol.